The smallest absolute Gasteiger partial charge is 0.237 e. The molecule has 0 saturated carbocycles. The molecule has 3 rings (SSSR count). The van der Waals surface area contributed by atoms with Gasteiger partial charge in [-0.2, -0.15) is 0 Å². The van der Waals surface area contributed by atoms with Gasteiger partial charge in [-0.15, -0.1) is 0 Å². The van der Waals surface area contributed by atoms with Crippen LogP contribution >= 0.6 is 0 Å². The number of amides is 1. The zero-order valence-electron chi connectivity index (χ0n) is 13.8. The molecule has 24 heavy (non-hydrogen) atoms. The van der Waals surface area contributed by atoms with Crippen LogP contribution in [0.2, 0.25) is 0 Å². The number of hydrogen-bond donors (Lipinski definition) is 0. The molecule has 5 nitrogen and oxygen atoms in total. The number of likely N-dealkylation sites (tertiary alicyclic amines) is 1. The second kappa shape index (κ2) is 6.80. The molecular formula is C17H23FN2O3S. The summed E-state index contributed by atoms with van der Waals surface area (Å²) in [6.45, 7) is 4.15. The molecule has 1 amide bonds. The third kappa shape index (κ3) is 3.62. The van der Waals surface area contributed by atoms with Crippen LogP contribution < -0.4 is 0 Å². The van der Waals surface area contributed by atoms with Gasteiger partial charge in [0.2, 0.25) is 5.91 Å². The summed E-state index contributed by atoms with van der Waals surface area (Å²) in [4.78, 5) is 16.2. The topological polar surface area (TPSA) is 57.7 Å². The molecule has 0 unspecified atom stereocenters. The van der Waals surface area contributed by atoms with Gasteiger partial charge in [0.25, 0.3) is 0 Å². The average molecular weight is 354 g/mol. The summed E-state index contributed by atoms with van der Waals surface area (Å²) in [7, 11) is -2.98. The van der Waals surface area contributed by atoms with E-state index < -0.39 is 9.84 Å². The van der Waals surface area contributed by atoms with Gasteiger partial charge in [-0.05, 0) is 37.0 Å². The zero-order chi connectivity index (χ0) is 17.3. The number of nitrogens with zero attached hydrogens (tertiary/aromatic N) is 2. The number of rotatable bonds is 5. The number of hydrogen-bond acceptors (Lipinski definition) is 4. The summed E-state index contributed by atoms with van der Waals surface area (Å²) in [5, 5.41) is -0.302. The van der Waals surface area contributed by atoms with E-state index in [1.165, 1.54) is 12.1 Å². The van der Waals surface area contributed by atoms with E-state index in [1.807, 2.05) is 11.8 Å². The van der Waals surface area contributed by atoms with Gasteiger partial charge >= 0.3 is 0 Å². The highest BCUT2D eigenvalue weighted by molar-refractivity contribution is 7.92. The molecule has 1 aromatic rings. The number of carbonyl (C=O) groups excluding carboxylic acids is 1. The molecule has 2 aliphatic rings. The van der Waals surface area contributed by atoms with E-state index in [1.54, 1.807) is 17.0 Å². The minimum absolute atomic E-state index is 0.0425. The SMILES string of the molecule is CCN(Cc1cccc(F)c1)C(=O)CN1C[C@@H]2CCS(=O)(=O)[C@@H]2C1. The van der Waals surface area contributed by atoms with Crippen molar-refractivity contribution in [1.29, 1.82) is 0 Å². The molecule has 132 valence electrons. The van der Waals surface area contributed by atoms with Crippen molar-refractivity contribution in [3.8, 4) is 0 Å². The highest BCUT2D eigenvalue weighted by atomic mass is 32.2. The molecule has 2 aliphatic heterocycles. The van der Waals surface area contributed by atoms with Crippen molar-refractivity contribution in [2.75, 3.05) is 31.9 Å². The predicted octanol–water partition coefficient (Wildman–Crippen LogP) is 1.29. The number of likely N-dealkylation sites (N-methyl/N-ethyl adjacent to an activating group) is 1. The Morgan fingerprint density at radius 2 is 2.17 bits per heavy atom. The van der Waals surface area contributed by atoms with Crippen molar-refractivity contribution in [2.24, 2.45) is 5.92 Å². The van der Waals surface area contributed by atoms with Crippen LogP contribution in [-0.4, -0.2) is 61.3 Å². The van der Waals surface area contributed by atoms with E-state index in [2.05, 4.69) is 0 Å². The van der Waals surface area contributed by atoms with Gasteiger partial charge < -0.3 is 4.90 Å². The van der Waals surface area contributed by atoms with Gasteiger partial charge in [0.15, 0.2) is 9.84 Å². The van der Waals surface area contributed by atoms with Crippen LogP contribution in [0.3, 0.4) is 0 Å². The van der Waals surface area contributed by atoms with Crippen molar-refractivity contribution in [1.82, 2.24) is 9.80 Å². The fraction of sp³-hybridized carbons (Fsp3) is 0.588. The molecule has 2 fully saturated rings. The summed E-state index contributed by atoms with van der Waals surface area (Å²) < 4.78 is 37.2. The molecular weight excluding hydrogens is 331 g/mol. The maximum Gasteiger partial charge on any atom is 0.237 e. The Morgan fingerprint density at radius 3 is 2.83 bits per heavy atom. The molecule has 0 aromatic heterocycles. The molecule has 0 spiro atoms. The lowest BCUT2D eigenvalue weighted by Gasteiger charge is -2.24. The minimum atomic E-state index is -2.98. The molecule has 2 heterocycles. The maximum absolute atomic E-state index is 13.3. The Balaban J connectivity index is 1.59. The molecule has 2 saturated heterocycles. The Labute approximate surface area is 142 Å². The van der Waals surface area contributed by atoms with Crippen LogP contribution in [0.15, 0.2) is 24.3 Å². The summed E-state index contributed by atoms with van der Waals surface area (Å²) >= 11 is 0. The molecule has 7 heteroatoms. The first-order chi connectivity index (χ1) is 11.4. The van der Waals surface area contributed by atoms with E-state index in [0.29, 0.717) is 32.6 Å². The number of carbonyl (C=O) groups is 1. The third-order valence-electron chi connectivity index (χ3n) is 5.05. The second-order valence-electron chi connectivity index (χ2n) is 6.69. The fourth-order valence-corrected chi connectivity index (χ4v) is 5.91. The standard InChI is InChI=1S/C17H23FN2O3S/c1-2-20(9-13-4-3-5-15(18)8-13)17(21)12-19-10-14-6-7-24(22,23)16(14)11-19/h3-5,8,14,16H,2,6-7,9-12H2,1H3/t14-,16+/m0/s1. The Morgan fingerprint density at radius 1 is 1.38 bits per heavy atom. The molecule has 1 aromatic carbocycles. The van der Waals surface area contributed by atoms with Crippen LogP contribution in [-0.2, 0) is 21.2 Å². The Hall–Kier alpha value is -1.47. The monoisotopic (exact) mass is 354 g/mol. The minimum Gasteiger partial charge on any atom is -0.338 e. The molecule has 0 bridgehead atoms. The van der Waals surface area contributed by atoms with Gasteiger partial charge in [0.1, 0.15) is 5.82 Å². The molecule has 0 aliphatic carbocycles. The van der Waals surface area contributed by atoms with Gasteiger partial charge in [0.05, 0.1) is 17.5 Å². The lowest BCUT2D eigenvalue weighted by atomic mass is 10.1. The largest absolute Gasteiger partial charge is 0.338 e. The van der Waals surface area contributed by atoms with E-state index >= 15 is 0 Å². The summed E-state index contributed by atoms with van der Waals surface area (Å²) in [5.74, 6) is 0.0962. The lowest BCUT2D eigenvalue weighted by Crippen LogP contribution is -2.40. The zero-order valence-corrected chi connectivity index (χ0v) is 14.6. The number of benzene rings is 1. The van der Waals surface area contributed by atoms with Crippen molar-refractivity contribution < 1.29 is 17.6 Å². The number of sulfone groups is 1. The summed E-state index contributed by atoms with van der Waals surface area (Å²) in [6.07, 6.45) is 0.707. The number of halogens is 1. The fourth-order valence-electron chi connectivity index (χ4n) is 3.73. The van der Waals surface area contributed by atoms with Gasteiger partial charge in [-0.3, -0.25) is 9.69 Å². The van der Waals surface area contributed by atoms with E-state index in [-0.39, 0.29) is 35.2 Å². The molecule has 2 atom stereocenters. The Kier molecular flexibility index (Phi) is 4.92. The van der Waals surface area contributed by atoms with Crippen LogP contribution in [0.1, 0.15) is 18.9 Å². The first-order valence-electron chi connectivity index (χ1n) is 8.35. The van der Waals surface area contributed by atoms with Crippen LogP contribution in [0.25, 0.3) is 0 Å². The number of fused-ring (bicyclic) bond motifs is 1. The summed E-state index contributed by atoms with van der Waals surface area (Å²) in [5.41, 5.74) is 0.756. The highest BCUT2D eigenvalue weighted by Gasteiger charge is 2.46. The van der Waals surface area contributed by atoms with Crippen LogP contribution in [0, 0.1) is 11.7 Å². The van der Waals surface area contributed by atoms with Crippen LogP contribution in [0.5, 0.6) is 0 Å². The van der Waals surface area contributed by atoms with E-state index in [9.17, 15) is 17.6 Å². The van der Waals surface area contributed by atoms with E-state index in [4.69, 9.17) is 0 Å². The van der Waals surface area contributed by atoms with E-state index in [0.717, 1.165) is 5.56 Å². The molecule has 0 N–H and O–H groups in total. The quantitative estimate of drug-likeness (QED) is 0.800. The second-order valence-corrected chi connectivity index (χ2v) is 9.03. The third-order valence-corrected chi connectivity index (χ3v) is 7.31. The lowest BCUT2D eigenvalue weighted by molar-refractivity contribution is -0.132. The molecule has 0 radical (unpaired) electrons. The van der Waals surface area contributed by atoms with Gasteiger partial charge in [0, 0.05) is 26.2 Å². The van der Waals surface area contributed by atoms with Crippen LogP contribution in [0.4, 0.5) is 4.39 Å². The van der Waals surface area contributed by atoms with Crippen molar-refractivity contribution in [2.45, 2.75) is 25.1 Å². The van der Waals surface area contributed by atoms with Crippen molar-refractivity contribution in [3.05, 3.63) is 35.6 Å². The Bertz CT molecular complexity index is 722. The highest BCUT2D eigenvalue weighted by Crippen LogP contribution is 2.33. The summed E-state index contributed by atoms with van der Waals surface area (Å²) in [6, 6.07) is 6.25. The van der Waals surface area contributed by atoms with Gasteiger partial charge in [-0.1, -0.05) is 12.1 Å². The maximum atomic E-state index is 13.3. The predicted molar refractivity (Wildman–Crippen MR) is 89.6 cm³/mol. The van der Waals surface area contributed by atoms with Crippen molar-refractivity contribution in [3.63, 3.8) is 0 Å². The van der Waals surface area contributed by atoms with Gasteiger partial charge in [-0.25, -0.2) is 12.8 Å². The normalized spacial score (nSPS) is 25.6. The first kappa shape index (κ1) is 17.4. The van der Waals surface area contributed by atoms with Crippen molar-refractivity contribution >= 4 is 15.7 Å². The average Bonchev–Trinajstić information content (AvgIpc) is 3.05. The first-order valence-corrected chi connectivity index (χ1v) is 10.1.